The Morgan fingerprint density at radius 1 is 1.45 bits per heavy atom. The first-order valence-corrected chi connectivity index (χ1v) is 4.25. The Balaban J connectivity index is 1.98. The van der Waals surface area contributed by atoms with Gasteiger partial charge in [0.2, 0.25) is 0 Å². The van der Waals surface area contributed by atoms with Gasteiger partial charge in [0.1, 0.15) is 0 Å². The molecule has 1 heterocycles. The minimum absolute atomic E-state index is 0.0972. The number of nitrogens with one attached hydrogen (secondary N) is 1. The molecule has 0 spiro atoms. The highest BCUT2D eigenvalue weighted by Gasteiger charge is 2.68. The van der Waals surface area contributed by atoms with Crippen LogP contribution in [0.15, 0.2) is 0 Å². The molecular formula is C8H13F2N. The molecule has 3 unspecified atom stereocenters. The van der Waals surface area contributed by atoms with Crippen LogP contribution in [0.4, 0.5) is 8.78 Å². The molecule has 0 aromatic carbocycles. The highest BCUT2D eigenvalue weighted by atomic mass is 19.3. The predicted octanol–water partition coefficient (Wildman–Crippen LogP) is 1.64. The van der Waals surface area contributed by atoms with E-state index in [-0.39, 0.29) is 12.0 Å². The van der Waals surface area contributed by atoms with E-state index in [0.29, 0.717) is 0 Å². The molecule has 1 aliphatic carbocycles. The van der Waals surface area contributed by atoms with Crippen LogP contribution in [-0.4, -0.2) is 18.5 Å². The summed E-state index contributed by atoms with van der Waals surface area (Å²) in [6.45, 7) is 2.56. The molecule has 0 radical (unpaired) electrons. The van der Waals surface area contributed by atoms with Crippen molar-refractivity contribution >= 4 is 0 Å². The third-order valence-corrected chi connectivity index (χ3v) is 3.01. The Kier molecular flexibility index (Phi) is 1.46. The van der Waals surface area contributed by atoms with Gasteiger partial charge in [-0.1, -0.05) is 6.92 Å². The summed E-state index contributed by atoms with van der Waals surface area (Å²) in [6, 6.07) is 0.0972. The molecule has 0 amide bonds. The normalized spacial score (nSPS) is 47.7. The van der Waals surface area contributed by atoms with Crippen molar-refractivity contribution in [3.05, 3.63) is 0 Å². The maximum atomic E-state index is 12.8. The van der Waals surface area contributed by atoms with Gasteiger partial charge < -0.3 is 5.32 Å². The first-order chi connectivity index (χ1) is 5.14. The van der Waals surface area contributed by atoms with Crippen molar-refractivity contribution in [3.63, 3.8) is 0 Å². The van der Waals surface area contributed by atoms with Gasteiger partial charge in [0.25, 0.3) is 5.92 Å². The van der Waals surface area contributed by atoms with Crippen LogP contribution in [0.3, 0.4) is 0 Å². The molecule has 1 N–H and O–H groups in total. The Morgan fingerprint density at radius 2 is 2.09 bits per heavy atom. The Hall–Kier alpha value is -0.180. The van der Waals surface area contributed by atoms with Gasteiger partial charge in [-0.25, -0.2) is 8.78 Å². The molecule has 11 heavy (non-hydrogen) atoms. The standard InChI is InChI=1S/C8H13F2N/c1-5-7(8(5,9)10)6-3-2-4-11-6/h5-7,11H,2-4H2,1H3. The highest BCUT2D eigenvalue weighted by Crippen LogP contribution is 2.57. The van der Waals surface area contributed by atoms with Gasteiger partial charge in [-0.15, -0.1) is 0 Å². The minimum Gasteiger partial charge on any atom is -0.313 e. The van der Waals surface area contributed by atoms with E-state index >= 15 is 0 Å². The molecule has 2 fully saturated rings. The van der Waals surface area contributed by atoms with Crippen LogP contribution in [0.5, 0.6) is 0 Å². The zero-order valence-electron chi connectivity index (χ0n) is 6.61. The van der Waals surface area contributed by atoms with Crippen LogP contribution >= 0.6 is 0 Å². The molecule has 64 valence electrons. The quantitative estimate of drug-likeness (QED) is 0.616. The van der Waals surface area contributed by atoms with E-state index in [9.17, 15) is 8.78 Å². The zero-order valence-corrected chi connectivity index (χ0v) is 6.61. The van der Waals surface area contributed by atoms with Gasteiger partial charge >= 0.3 is 0 Å². The molecule has 1 saturated heterocycles. The number of hydrogen-bond donors (Lipinski definition) is 1. The number of hydrogen-bond acceptors (Lipinski definition) is 1. The Labute approximate surface area is 65.2 Å². The molecule has 3 heteroatoms. The SMILES string of the molecule is CC1C(C2CCCN2)C1(F)F. The molecule has 0 bridgehead atoms. The summed E-state index contributed by atoms with van der Waals surface area (Å²) >= 11 is 0. The third kappa shape index (κ3) is 0.975. The monoisotopic (exact) mass is 161 g/mol. The molecule has 0 aromatic heterocycles. The van der Waals surface area contributed by atoms with Gasteiger partial charge in [0, 0.05) is 17.9 Å². The second-order valence-electron chi connectivity index (χ2n) is 3.69. The average molecular weight is 161 g/mol. The lowest BCUT2D eigenvalue weighted by molar-refractivity contribution is 0.0808. The van der Waals surface area contributed by atoms with Crippen LogP contribution in [-0.2, 0) is 0 Å². The summed E-state index contributed by atoms with van der Waals surface area (Å²) in [5.74, 6) is -3.13. The van der Waals surface area contributed by atoms with Gasteiger partial charge in [-0.05, 0) is 19.4 Å². The molecule has 2 rings (SSSR count). The Bertz CT molecular complexity index is 163. The zero-order chi connectivity index (χ0) is 8.06. The highest BCUT2D eigenvalue weighted by molar-refractivity contribution is 5.09. The lowest BCUT2D eigenvalue weighted by atomic mass is 10.1. The van der Waals surface area contributed by atoms with Gasteiger partial charge in [-0.3, -0.25) is 0 Å². The number of rotatable bonds is 1. The summed E-state index contributed by atoms with van der Waals surface area (Å²) in [5.41, 5.74) is 0. The van der Waals surface area contributed by atoms with E-state index in [4.69, 9.17) is 0 Å². The lowest BCUT2D eigenvalue weighted by Crippen LogP contribution is -2.26. The van der Waals surface area contributed by atoms with E-state index in [1.54, 1.807) is 6.92 Å². The molecular weight excluding hydrogens is 148 g/mol. The fraction of sp³-hybridized carbons (Fsp3) is 1.00. The molecule has 3 atom stereocenters. The first-order valence-electron chi connectivity index (χ1n) is 4.25. The summed E-state index contributed by atoms with van der Waals surface area (Å²) in [6.07, 6.45) is 1.99. The van der Waals surface area contributed by atoms with Crippen LogP contribution in [0.2, 0.25) is 0 Å². The van der Waals surface area contributed by atoms with Crippen molar-refractivity contribution in [3.8, 4) is 0 Å². The van der Waals surface area contributed by atoms with Crippen molar-refractivity contribution in [2.24, 2.45) is 11.8 Å². The van der Waals surface area contributed by atoms with Crippen molar-refractivity contribution < 1.29 is 8.78 Å². The molecule has 1 aliphatic heterocycles. The fourth-order valence-electron chi connectivity index (χ4n) is 2.14. The molecule has 0 aromatic rings. The summed E-state index contributed by atoms with van der Waals surface area (Å²) in [5, 5.41) is 3.12. The maximum absolute atomic E-state index is 12.8. The number of alkyl halides is 2. The maximum Gasteiger partial charge on any atom is 0.255 e. The van der Waals surface area contributed by atoms with Crippen LogP contribution in [0, 0.1) is 11.8 Å². The van der Waals surface area contributed by atoms with Crippen LogP contribution in [0.1, 0.15) is 19.8 Å². The van der Waals surface area contributed by atoms with E-state index < -0.39 is 11.8 Å². The second-order valence-corrected chi connectivity index (χ2v) is 3.69. The van der Waals surface area contributed by atoms with E-state index in [1.165, 1.54) is 0 Å². The smallest absolute Gasteiger partial charge is 0.255 e. The van der Waals surface area contributed by atoms with E-state index in [0.717, 1.165) is 19.4 Å². The summed E-state index contributed by atoms with van der Waals surface area (Å²) < 4.78 is 25.6. The lowest BCUT2D eigenvalue weighted by Gasteiger charge is -2.07. The second kappa shape index (κ2) is 2.16. The van der Waals surface area contributed by atoms with Crippen molar-refractivity contribution in [1.29, 1.82) is 0 Å². The van der Waals surface area contributed by atoms with Gasteiger partial charge in [0.05, 0.1) is 0 Å². The third-order valence-electron chi connectivity index (χ3n) is 3.01. The van der Waals surface area contributed by atoms with Crippen molar-refractivity contribution in [2.75, 3.05) is 6.54 Å². The van der Waals surface area contributed by atoms with Gasteiger partial charge in [0.15, 0.2) is 0 Å². The van der Waals surface area contributed by atoms with Gasteiger partial charge in [-0.2, -0.15) is 0 Å². The average Bonchev–Trinajstić information content (AvgIpc) is 2.40. The van der Waals surface area contributed by atoms with E-state index in [1.807, 2.05) is 0 Å². The largest absolute Gasteiger partial charge is 0.313 e. The number of halogens is 2. The van der Waals surface area contributed by atoms with Crippen molar-refractivity contribution in [2.45, 2.75) is 31.7 Å². The summed E-state index contributed by atoms with van der Waals surface area (Å²) in [7, 11) is 0. The molecule has 2 aliphatic rings. The summed E-state index contributed by atoms with van der Waals surface area (Å²) in [4.78, 5) is 0. The molecule has 1 saturated carbocycles. The minimum atomic E-state index is -2.37. The predicted molar refractivity (Wildman–Crippen MR) is 38.6 cm³/mol. The fourth-order valence-corrected chi connectivity index (χ4v) is 2.14. The first kappa shape index (κ1) is 7.47. The van der Waals surface area contributed by atoms with Crippen LogP contribution in [0.25, 0.3) is 0 Å². The Morgan fingerprint density at radius 3 is 2.45 bits per heavy atom. The van der Waals surface area contributed by atoms with E-state index in [2.05, 4.69) is 5.32 Å². The van der Waals surface area contributed by atoms with Crippen molar-refractivity contribution in [1.82, 2.24) is 5.32 Å². The van der Waals surface area contributed by atoms with Crippen LogP contribution < -0.4 is 5.32 Å². The topological polar surface area (TPSA) is 12.0 Å². The molecule has 1 nitrogen and oxygen atoms in total.